The molecule has 0 unspecified atom stereocenters. The third-order valence-corrected chi connectivity index (χ3v) is 4.28. The summed E-state index contributed by atoms with van der Waals surface area (Å²) >= 11 is 6.48. The lowest BCUT2D eigenvalue weighted by Crippen LogP contribution is -2.10. The van der Waals surface area contributed by atoms with E-state index in [1.807, 2.05) is 0 Å². The summed E-state index contributed by atoms with van der Waals surface area (Å²) in [5.74, 6) is -1.38. The minimum atomic E-state index is -0.639. The van der Waals surface area contributed by atoms with Gasteiger partial charge in [0.05, 0.1) is 0 Å². The molecule has 0 spiro atoms. The van der Waals surface area contributed by atoms with Crippen LogP contribution in [0.5, 0.6) is 11.5 Å². The Morgan fingerprint density at radius 2 is 1.73 bits per heavy atom. The summed E-state index contributed by atoms with van der Waals surface area (Å²) < 4.78 is 16.1. The number of esters is 2. The number of carbonyl (C=O) groups excluding carboxylic acids is 2. The summed E-state index contributed by atoms with van der Waals surface area (Å²) in [4.78, 5) is 34.4. The molecular formula is C14H10Br2O6. The van der Waals surface area contributed by atoms with E-state index in [0.717, 1.165) is 0 Å². The molecule has 0 bridgehead atoms. The van der Waals surface area contributed by atoms with Crippen molar-refractivity contribution in [3.05, 3.63) is 31.0 Å². The first-order chi connectivity index (χ1) is 10.2. The first-order valence-electron chi connectivity index (χ1n) is 6.04. The van der Waals surface area contributed by atoms with Crippen LogP contribution >= 0.6 is 31.9 Å². The molecular weight excluding hydrogens is 424 g/mol. The predicted octanol–water partition coefficient (Wildman–Crippen LogP) is 3.48. The number of benzene rings is 1. The van der Waals surface area contributed by atoms with Crippen molar-refractivity contribution in [2.45, 2.75) is 20.8 Å². The molecule has 0 fully saturated rings. The Bertz CT molecular complexity index is 853. The van der Waals surface area contributed by atoms with E-state index in [0.29, 0.717) is 15.4 Å². The maximum Gasteiger partial charge on any atom is 0.351 e. The quantitative estimate of drug-likeness (QED) is 0.409. The standard InChI is InChI=1S/C14H10Br2O6/c1-5-10-8(15)4-9(20-6(2)17)12(21-7(3)18)13(10)22-14(19)11(5)16/h4H,1-3H3. The van der Waals surface area contributed by atoms with E-state index in [-0.39, 0.29) is 21.6 Å². The van der Waals surface area contributed by atoms with Crippen LogP contribution in [0.3, 0.4) is 0 Å². The third kappa shape index (κ3) is 3.07. The molecule has 2 aromatic rings. The summed E-state index contributed by atoms with van der Waals surface area (Å²) in [7, 11) is 0. The Hall–Kier alpha value is -1.67. The normalized spacial score (nSPS) is 10.6. The Labute approximate surface area is 141 Å². The molecule has 0 saturated carbocycles. The van der Waals surface area contributed by atoms with Crippen LogP contribution in [0.15, 0.2) is 24.2 Å². The smallest absolute Gasteiger partial charge is 0.351 e. The molecule has 0 N–H and O–H groups in total. The van der Waals surface area contributed by atoms with E-state index < -0.39 is 17.6 Å². The van der Waals surface area contributed by atoms with Gasteiger partial charge in [-0.15, -0.1) is 0 Å². The van der Waals surface area contributed by atoms with Gasteiger partial charge in [-0.25, -0.2) is 4.79 Å². The number of aryl methyl sites for hydroxylation is 1. The fourth-order valence-electron chi connectivity index (χ4n) is 1.90. The summed E-state index contributed by atoms with van der Waals surface area (Å²) in [6.07, 6.45) is 0. The molecule has 2 rings (SSSR count). The van der Waals surface area contributed by atoms with E-state index in [1.165, 1.54) is 19.9 Å². The lowest BCUT2D eigenvalue weighted by Gasteiger charge is -2.13. The highest BCUT2D eigenvalue weighted by molar-refractivity contribution is 9.11. The fourth-order valence-corrected chi connectivity index (χ4v) is 2.87. The van der Waals surface area contributed by atoms with Crippen LogP contribution in [-0.2, 0) is 9.59 Å². The molecule has 116 valence electrons. The van der Waals surface area contributed by atoms with Crippen molar-refractivity contribution in [1.29, 1.82) is 0 Å². The highest BCUT2D eigenvalue weighted by Crippen LogP contribution is 2.42. The average Bonchev–Trinajstić information content (AvgIpc) is 2.39. The number of hydrogen-bond donors (Lipinski definition) is 0. The van der Waals surface area contributed by atoms with E-state index >= 15 is 0 Å². The van der Waals surface area contributed by atoms with Gasteiger partial charge in [0.2, 0.25) is 5.75 Å². The predicted molar refractivity (Wildman–Crippen MR) is 85.2 cm³/mol. The van der Waals surface area contributed by atoms with Crippen LogP contribution in [0.25, 0.3) is 11.0 Å². The molecule has 0 aliphatic rings. The van der Waals surface area contributed by atoms with Crippen molar-refractivity contribution in [3.63, 3.8) is 0 Å². The van der Waals surface area contributed by atoms with Gasteiger partial charge >= 0.3 is 17.6 Å². The van der Waals surface area contributed by atoms with Gasteiger partial charge in [-0.3, -0.25) is 9.59 Å². The van der Waals surface area contributed by atoms with Crippen molar-refractivity contribution in [1.82, 2.24) is 0 Å². The molecule has 0 aliphatic heterocycles. The molecule has 0 saturated heterocycles. The second-order valence-corrected chi connectivity index (χ2v) is 6.05. The fraction of sp³-hybridized carbons (Fsp3) is 0.214. The topological polar surface area (TPSA) is 82.8 Å². The molecule has 0 aliphatic carbocycles. The first-order valence-corrected chi connectivity index (χ1v) is 7.63. The summed E-state index contributed by atoms with van der Waals surface area (Å²) in [6, 6.07) is 1.47. The van der Waals surface area contributed by atoms with Crippen LogP contribution in [-0.4, -0.2) is 11.9 Å². The Balaban J connectivity index is 2.93. The van der Waals surface area contributed by atoms with Gasteiger partial charge in [-0.2, -0.15) is 0 Å². The van der Waals surface area contributed by atoms with E-state index in [4.69, 9.17) is 13.9 Å². The zero-order valence-corrected chi connectivity index (χ0v) is 15.0. The van der Waals surface area contributed by atoms with Crippen molar-refractivity contribution in [3.8, 4) is 11.5 Å². The van der Waals surface area contributed by atoms with Gasteiger partial charge in [-0.1, -0.05) is 0 Å². The van der Waals surface area contributed by atoms with Crippen molar-refractivity contribution in [2.24, 2.45) is 0 Å². The monoisotopic (exact) mass is 432 g/mol. The zero-order chi connectivity index (χ0) is 16.6. The van der Waals surface area contributed by atoms with Crippen LogP contribution in [0, 0.1) is 6.92 Å². The number of hydrogen-bond acceptors (Lipinski definition) is 6. The van der Waals surface area contributed by atoms with Gasteiger partial charge < -0.3 is 13.9 Å². The molecule has 22 heavy (non-hydrogen) atoms. The molecule has 1 aromatic carbocycles. The van der Waals surface area contributed by atoms with Gasteiger partial charge in [0.15, 0.2) is 11.3 Å². The molecule has 1 heterocycles. The lowest BCUT2D eigenvalue weighted by molar-refractivity contribution is -0.134. The van der Waals surface area contributed by atoms with Crippen molar-refractivity contribution in [2.75, 3.05) is 0 Å². The Morgan fingerprint density at radius 3 is 2.27 bits per heavy atom. The average molecular weight is 434 g/mol. The van der Waals surface area contributed by atoms with Crippen molar-refractivity contribution >= 4 is 54.8 Å². The Kier molecular flexibility index (Phi) is 4.72. The molecule has 8 heteroatoms. The number of ether oxygens (including phenoxy) is 2. The van der Waals surface area contributed by atoms with E-state index in [9.17, 15) is 14.4 Å². The number of carbonyl (C=O) groups is 2. The van der Waals surface area contributed by atoms with Crippen LogP contribution in [0.2, 0.25) is 0 Å². The van der Waals surface area contributed by atoms with Crippen LogP contribution in [0.1, 0.15) is 19.4 Å². The Morgan fingerprint density at radius 1 is 1.14 bits per heavy atom. The highest BCUT2D eigenvalue weighted by Gasteiger charge is 2.22. The minimum absolute atomic E-state index is 0.0199. The SMILES string of the molecule is CC(=O)Oc1cc(Br)c2c(C)c(Br)c(=O)oc2c1OC(C)=O. The van der Waals surface area contributed by atoms with Gasteiger partial charge in [0.25, 0.3) is 0 Å². The maximum atomic E-state index is 11.9. The van der Waals surface area contributed by atoms with E-state index in [1.54, 1.807) is 6.92 Å². The van der Waals surface area contributed by atoms with Crippen LogP contribution < -0.4 is 15.1 Å². The number of fused-ring (bicyclic) bond motifs is 1. The van der Waals surface area contributed by atoms with Crippen molar-refractivity contribution < 1.29 is 23.5 Å². The first kappa shape index (κ1) is 16.7. The number of rotatable bonds is 2. The largest absolute Gasteiger partial charge is 0.423 e. The van der Waals surface area contributed by atoms with Crippen LogP contribution in [0.4, 0.5) is 0 Å². The maximum absolute atomic E-state index is 11.9. The molecule has 0 amide bonds. The summed E-state index contributed by atoms with van der Waals surface area (Å²) in [5.41, 5.74) is -0.0160. The molecule has 6 nitrogen and oxygen atoms in total. The van der Waals surface area contributed by atoms with E-state index in [2.05, 4.69) is 31.9 Å². The zero-order valence-electron chi connectivity index (χ0n) is 11.8. The van der Waals surface area contributed by atoms with Gasteiger partial charge in [-0.05, 0) is 50.4 Å². The molecule has 0 radical (unpaired) electrons. The highest BCUT2D eigenvalue weighted by atomic mass is 79.9. The molecule has 1 aromatic heterocycles. The second-order valence-electron chi connectivity index (χ2n) is 4.41. The molecule has 0 atom stereocenters. The minimum Gasteiger partial charge on any atom is -0.423 e. The summed E-state index contributed by atoms with van der Waals surface area (Å²) in [5, 5.41) is 0.527. The second kappa shape index (κ2) is 6.21. The number of halogens is 2. The summed E-state index contributed by atoms with van der Waals surface area (Å²) in [6.45, 7) is 4.10. The van der Waals surface area contributed by atoms with Gasteiger partial charge in [0.1, 0.15) is 4.47 Å². The third-order valence-electron chi connectivity index (χ3n) is 2.73. The van der Waals surface area contributed by atoms with Gasteiger partial charge in [0, 0.05) is 23.7 Å². The lowest BCUT2D eigenvalue weighted by atomic mass is 10.1.